The van der Waals surface area contributed by atoms with Crippen molar-refractivity contribution in [1.29, 1.82) is 0 Å². The predicted molar refractivity (Wildman–Crippen MR) is 51.1 cm³/mol. The minimum atomic E-state index is 0. The van der Waals surface area contributed by atoms with Gasteiger partial charge < -0.3 is 0 Å². The van der Waals surface area contributed by atoms with Crippen molar-refractivity contribution >= 4 is 11.6 Å². The summed E-state index contributed by atoms with van der Waals surface area (Å²) < 4.78 is 0. The summed E-state index contributed by atoms with van der Waals surface area (Å²) in [6, 6.07) is 0. The monoisotopic (exact) mass is 174 g/mol. The van der Waals surface area contributed by atoms with Gasteiger partial charge in [0.15, 0.2) is 0 Å². The molecule has 2 aliphatic carbocycles. The molecule has 0 N–H and O–H groups in total. The first-order valence-corrected chi connectivity index (χ1v) is 4.92. The van der Waals surface area contributed by atoms with Gasteiger partial charge in [0.25, 0.3) is 0 Å². The molecule has 2 unspecified atom stereocenters. The molecule has 2 bridgehead atoms. The van der Waals surface area contributed by atoms with E-state index in [1.165, 1.54) is 38.5 Å². The van der Waals surface area contributed by atoms with Crippen molar-refractivity contribution in [2.75, 3.05) is 0 Å². The van der Waals surface area contributed by atoms with Crippen LogP contribution in [0.15, 0.2) is 0 Å². The minimum absolute atomic E-state index is 0. The second kappa shape index (κ2) is 3.80. The third-order valence-electron chi connectivity index (χ3n) is 3.07. The zero-order valence-electron chi connectivity index (χ0n) is 6.35. The van der Waals surface area contributed by atoms with E-state index in [2.05, 4.69) is 0 Å². The fourth-order valence-electron chi connectivity index (χ4n) is 2.65. The molecule has 0 spiro atoms. The Bertz CT molecular complexity index is 106. The number of hydrogen-bond acceptors (Lipinski definition) is 0. The van der Waals surface area contributed by atoms with Crippen molar-refractivity contribution < 1.29 is 0 Å². The molecule has 11 heavy (non-hydrogen) atoms. The van der Waals surface area contributed by atoms with Gasteiger partial charge in [0.05, 0.1) is 0 Å². The van der Waals surface area contributed by atoms with Crippen LogP contribution in [0.1, 0.15) is 46.0 Å². The third kappa shape index (κ3) is 2.11. The van der Waals surface area contributed by atoms with Crippen LogP contribution in [0.5, 0.6) is 0 Å². The standard InChI is InChI=1S/C9H15Cl.CH4/c10-9-5-7-2-1-3-8(4-7)6-9;/h7-9H,1-6H2;1H4. The maximum atomic E-state index is 6.12. The van der Waals surface area contributed by atoms with Gasteiger partial charge >= 0.3 is 0 Å². The van der Waals surface area contributed by atoms with Crippen molar-refractivity contribution in [1.82, 2.24) is 0 Å². The lowest BCUT2D eigenvalue weighted by Crippen LogP contribution is -2.26. The molecule has 2 aliphatic rings. The van der Waals surface area contributed by atoms with Crippen molar-refractivity contribution in [3.8, 4) is 0 Å². The van der Waals surface area contributed by atoms with E-state index in [4.69, 9.17) is 11.6 Å². The first-order valence-electron chi connectivity index (χ1n) is 4.48. The Balaban J connectivity index is 0.000000605. The van der Waals surface area contributed by atoms with Gasteiger partial charge in [-0.1, -0.05) is 26.7 Å². The molecule has 0 amide bonds. The van der Waals surface area contributed by atoms with Crippen molar-refractivity contribution in [3.63, 3.8) is 0 Å². The molecule has 0 saturated heterocycles. The Labute approximate surface area is 75.3 Å². The summed E-state index contributed by atoms with van der Waals surface area (Å²) in [6.07, 6.45) is 8.48. The first kappa shape index (κ1) is 9.38. The number of rotatable bonds is 0. The fourth-order valence-corrected chi connectivity index (χ4v) is 3.15. The maximum absolute atomic E-state index is 6.12. The summed E-state index contributed by atoms with van der Waals surface area (Å²) in [4.78, 5) is 0. The van der Waals surface area contributed by atoms with Crippen LogP contribution in [0.4, 0.5) is 0 Å². The highest BCUT2D eigenvalue weighted by Gasteiger charge is 2.30. The lowest BCUT2D eigenvalue weighted by molar-refractivity contribution is 0.194. The molecule has 2 atom stereocenters. The van der Waals surface area contributed by atoms with Gasteiger partial charge in [0.1, 0.15) is 0 Å². The molecule has 0 nitrogen and oxygen atoms in total. The minimum Gasteiger partial charge on any atom is -0.123 e. The topological polar surface area (TPSA) is 0 Å². The maximum Gasteiger partial charge on any atom is 0.0341 e. The summed E-state index contributed by atoms with van der Waals surface area (Å²) in [7, 11) is 0. The van der Waals surface area contributed by atoms with E-state index < -0.39 is 0 Å². The Morgan fingerprint density at radius 2 is 1.45 bits per heavy atom. The van der Waals surface area contributed by atoms with Gasteiger partial charge in [0.2, 0.25) is 0 Å². The van der Waals surface area contributed by atoms with Crippen LogP contribution in [0.3, 0.4) is 0 Å². The zero-order chi connectivity index (χ0) is 6.97. The fraction of sp³-hybridized carbons (Fsp3) is 1.00. The van der Waals surface area contributed by atoms with E-state index in [0.717, 1.165) is 11.8 Å². The molecule has 2 saturated carbocycles. The molecule has 2 rings (SSSR count). The van der Waals surface area contributed by atoms with E-state index in [0.29, 0.717) is 5.38 Å². The lowest BCUT2D eigenvalue weighted by Gasteiger charge is -2.36. The Morgan fingerprint density at radius 1 is 0.909 bits per heavy atom. The zero-order valence-corrected chi connectivity index (χ0v) is 7.11. The van der Waals surface area contributed by atoms with Crippen molar-refractivity contribution in [2.24, 2.45) is 11.8 Å². The summed E-state index contributed by atoms with van der Waals surface area (Å²) >= 11 is 6.12. The van der Waals surface area contributed by atoms with E-state index in [9.17, 15) is 0 Å². The Morgan fingerprint density at radius 3 is 2.00 bits per heavy atom. The van der Waals surface area contributed by atoms with Crippen molar-refractivity contribution in [3.05, 3.63) is 0 Å². The largest absolute Gasteiger partial charge is 0.123 e. The molecule has 0 aromatic heterocycles. The van der Waals surface area contributed by atoms with E-state index in [1.807, 2.05) is 0 Å². The van der Waals surface area contributed by atoms with Crippen molar-refractivity contribution in [2.45, 2.75) is 51.3 Å². The van der Waals surface area contributed by atoms with Gasteiger partial charge in [-0.2, -0.15) is 0 Å². The molecule has 66 valence electrons. The average Bonchev–Trinajstić information content (AvgIpc) is 1.85. The van der Waals surface area contributed by atoms with E-state index >= 15 is 0 Å². The average molecular weight is 175 g/mol. The highest BCUT2D eigenvalue weighted by atomic mass is 35.5. The molecule has 0 aliphatic heterocycles. The quantitative estimate of drug-likeness (QED) is 0.490. The van der Waals surface area contributed by atoms with Gasteiger partial charge in [-0.15, -0.1) is 11.6 Å². The molecule has 0 heterocycles. The second-order valence-corrected chi connectivity index (χ2v) is 4.58. The second-order valence-electron chi connectivity index (χ2n) is 3.97. The molecule has 0 aromatic carbocycles. The SMILES string of the molecule is C.ClC1CC2CCCC(C1)C2. The molecular weight excluding hydrogens is 156 g/mol. The van der Waals surface area contributed by atoms with Gasteiger partial charge in [0, 0.05) is 5.38 Å². The smallest absolute Gasteiger partial charge is 0.0341 e. The van der Waals surface area contributed by atoms with Crippen LogP contribution in [-0.2, 0) is 0 Å². The van der Waals surface area contributed by atoms with Gasteiger partial charge in [-0.3, -0.25) is 0 Å². The van der Waals surface area contributed by atoms with Crippen LogP contribution in [0.25, 0.3) is 0 Å². The summed E-state index contributed by atoms with van der Waals surface area (Å²) in [6.45, 7) is 0. The first-order chi connectivity index (χ1) is 4.84. The van der Waals surface area contributed by atoms with Crippen LogP contribution < -0.4 is 0 Å². The van der Waals surface area contributed by atoms with Crippen LogP contribution in [0.2, 0.25) is 0 Å². The Hall–Kier alpha value is 0.290. The molecule has 1 heteroatoms. The van der Waals surface area contributed by atoms with Crippen LogP contribution in [0, 0.1) is 11.8 Å². The number of fused-ring (bicyclic) bond motifs is 2. The summed E-state index contributed by atoms with van der Waals surface area (Å²) in [5, 5.41) is 0.518. The molecular formula is C10H19Cl. The van der Waals surface area contributed by atoms with Crippen LogP contribution in [-0.4, -0.2) is 5.38 Å². The van der Waals surface area contributed by atoms with Gasteiger partial charge in [-0.05, 0) is 31.1 Å². The molecule has 2 fully saturated rings. The van der Waals surface area contributed by atoms with E-state index in [1.54, 1.807) is 0 Å². The number of halogens is 1. The predicted octanol–water partition coefficient (Wildman–Crippen LogP) is 3.83. The molecule has 0 aromatic rings. The summed E-state index contributed by atoms with van der Waals surface area (Å²) in [5.41, 5.74) is 0. The van der Waals surface area contributed by atoms with Gasteiger partial charge in [-0.25, -0.2) is 0 Å². The normalized spacial score (nSPS) is 42.8. The third-order valence-corrected chi connectivity index (χ3v) is 3.43. The molecule has 0 radical (unpaired) electrons. The highest BCUT2D eigenvalue weighted by Crippen LogP contribution is 2.41. The Kier molecular flexibility index (Phi) is 3.24. The summed E-state index contributed by atoms with van der Waals surface area (Å²) in [5.74, 6) is 1.99. The highest BCUT2D eigenvalue weighted by molar-refractivity contribution is 6.20. The number of hydrogen-bond donors (Lipinski definition) is 0. The van der Waals surface area contributed by atoms with Crippen LogP contribution >= 0.6 is 11.6 Å². The number of alkyl halides is 1. The van der Waals surface area contributed by atoms with E-state index in [-0.39, 0.29) is 7.43 Å². The lowest BCUT2D eigenvalue weighted by atomic mass is 9.72.